The van der Waals surface area contributed by atoms with Crippen LogP contribution in [0.4, 0.5) is 0 Å². The lowest BCUT2D eigenvalue weighted by Crippen LogP contribution is -2.37. The van der Waals surface area contributed by atoms with Crippen molar-refractivity contribution in [3.05, 3.63) is 29.8 Å². The molecule has 0 radical (unpaired) electrons. The van der Waals surface area contributed by atoms with Gasteiger partial charge >= 0.3 is 5.97 Å². The molecule has 1 saturated carbocycles. The molecule has 3 rings (SSSR count). The molecule has 28 heavy (non-hydrogen) atoms. The fourth-order valence-corrected chi connectivity index (χ4v) is 6.72. The summed E-state index contributed by atoms with van der Waals surface area (Å²) in [5, 5.41) is 0. The van der Waals surface area contributed by atoms with Crippen molar-refractivity contribution < 1.29 is 22.7 Å². The van der Waals surface area contributed by atoms with E-state index in [1.807, 2.05) is 0 Å². The second-order valence-electron chi connectivity index (χ2n) is 9.24. The summed E-state index contributed by atoms with van der Waals surface area (Å²) < 4.78 is 33.2. The van der Waals surface area contributed by atoms with Crippen LogP contribution in [0, 0.1) is 10.8 Å². The van der Waals surface area contributed by atoms with Crippen molar-refractivity contribution in [1.29, 1.82) is 0 Å². The van der Waals surface area contributed by atoms with E-state index in [1.54, 1.807) is 4.31 Å². The maximum atomic E-state index is 13.3. The summed E-state index contributed by atoms with van der Waals surface area (Å²) in [6.45, 7) is 8.37. The number of sulfonamides is 1. The first-order valence-corrected chi connectivity index (χ1v) is 10.9. The van der Waals surface area contributed by atoms with Crippen LogP contribution in [0.3, 0.4) is 0 Å². The number of amides is 1. The van der Waals surface area contributed by atoms with Gasteiger partial charge in [-0.05, 0) is 55.2 Å². The minimum atomic E-state index is -3.75. The number of hydrogen-bond donors (Lipinski definition) is 1. The number of hydrogen-bond acceptors (Lipinski definition) is 5. The Balaban J connectivity index is 1.87. The Bertz CT molecular complexity index is 911. The molecule has 154 valence electrons. The van der Waals surface area contributed by atoms with Crippen molar-refractivity contribution in [2.45, 2.75) is 64.0 Å². The van der Waals surface area contributed by atoms with Crippen LogP contribution in [0.15, 0.2) is 29.2 Å². The molecule has 1 aliphatic heterocycles. The number of nitrogens with two attached hydrogens (primary N) is 1. The third-order valence-electron chi connectivity index (χ3n) is 5.73. The fraction of sp³-hybridized carbons (Fsp3) is 0.600. The molecule has 8 heteroatoms. The molecule has 0 aromatic heterocycles. The molecular weight excluding hydrogens is 380 g/mol. The Morgan fingerprint density at radius 3 is 2.57 bits per heavy atom. The van der Waals surface area contributed by atoms with Gasteiger partial charge in [0, 0.05) is 12.6 Å². The quantitative estimate of drug-likeness (QED) is 0.753. The van der Waals surface area contributed by atoms with Gasteiger partial charge < -0.3 is 10.5 Å². The number of ether oxygens (including phenoxy) is 1. The second kappa shape index (κ2) is 6.84. The Hall–Kier alpha value is -1.93. The Morgan fingerprint density at radius 1 is 1.25 bits per heavy atom. The summed E-state index contributed by atoms with van der Waals surface area (Å²) in [6.07, 6.45) is 1.57. The van der Waals surface area contributed by atoms with Gasteiger partial charge in [-0.1, -0.05) is 26.8 Å². The van der Waals surface area contributed by atoms with Gasteiger partial charge in [0.25, 0.3) is 5.91 Å². The lowest BCUT2D eigenvalue weighted by Gasteiger charge is -2.39. The fourth-order valence-electron chi connectivity index (χ4n) is 4.89. The summed E-state index contributed by atoms with van der Waals surface area (Å²) >= 11 is 0. The third kappa shape index (κ3) is 3.93. The topological polar surface area (TPSA) is 107 Å². The lowest BCUT2D eigenvalue weighted by molar-refractivity contribution is -0.125. The predicted molar refractivity (Wildman–Crippen MR) is 104 cm³/mol. The van der Waals surface area contributed by atoms with E-state index >= 15 is 0 Å². The van der Waals surface area contributed by atoms with Gasteiger partial charge in [0.05, 0.1) is 10.5 Å². The number of benzene rings is 1. The van der Waals surface area contributed by atoms with Crippen LogP contribution in [-0.4, -0.2) is 43.3 Å². The number of fused-ring (bicyclic) bond motifs is 2. The average Bonchev–Trinajstić information content (AvgIpc) is 2.84. The molecule has 1 heterocycles. The molecule has 7 nitrogen and oxygen atoms in total. The molecule has 3 unspecified atom stereocenters. The normalized spacial score (nSPS) is 27.9. The van der Waals surface area contributed by atoms with E-state index in [-0.39, 0.29) is 27.3 Å². The van der Waals surface area contributed by atoms with Crippen LogP contribution in [-0.2, 0) is 19.6 Å². The van der Waals surface area contributed by atoms with Crippen LogP contribution in [0.2, 0.25) is 0 Å². The van der Waals surface area contributed by atoms with Gasteiger partial charge in [0.2, 0.25) is 10.0 Å². The van der Waals surface area contributed by atoms with Crippen molar-refractivity contribution in [2.24, 2.45) is 16.6 Å². The Kier molecular flexibility index (Phi) is 5.08. The molecule has 3 atom stereocenters. The molecule has 2 N–H and O–H groups in total. The van der Waals surface area contributed by atoms with E-state index in [0.29, 0.717) is 6.54 Å². The minimum absolute atomic E-state index is 0.0348. The maximum absolute atomic E-state index is 13.3. The highest BCUT2D eigenvalue weighted by molar-refractivity contribution is 7.89. The van der Waals surface area contributed by atoms with Crippen molar-refractivity contribution in [2.75, 3.05) is 6.54 Å². The van der Waals surface area contributed by atoms with Gasteiger partial charge in [0.15, 0.2) is 6.10 Å². The van der Waals surface area contributed by atoms with Crippen LogP contribution < -0.4 is 5.73 Å². The summed E-state index contributed by atoms with van der Waals surface area (Å²) in [6, 6.07) is 5.72. The number of nitrogens with zero attached hydrogens (tertiary/aromatic N) is 1. The van der Waals surface area contributed by atoms with E-state index in [4.69, 9.17) is 10.5 Å². The standard InChI is InChI=1S/C20H28N2O5S/c1-13(17(21)23)27-18(24)14-6-5-7-16(8-14)28(25,26)22-12-20(4)10-15(22)9-19(2,3)11-20/h5-8,13,15H,9-12H2,1-4H3,(H2,21,23). The van der Waals surface area contributed by atoms with Crippen molar-refractivity contribution >= 4 is 21.9 Å². The predicted octanol–water partition coefficient (Wildman–Crippen LogP) is 2.31. The summed E-state index contributed by atoms with van der Waals surface area (Å²) in [4.78, 5) is 23.4. The van der Waals surface area contributed by atoms with E-state index in [2.05, 4.69) is 20.8 Å². The molecule has 1 saturated heterocycles. The molecule has 2 fully saturated rings. The van der Waals surface area contributed by atoms with Gasteiger partial charge in [-0.2, -0.15) is 4.31 Å². The minimum Gasteiger partial charge on any atom is -0.449 e. The summed E-state index contributed by atoms with van der Waals surface area (Å²) in [7, 11) is -3.75. The Morgan fingerprint density at radius 2 is 1.93 bits per heavy atom. The van der Waals surface area contributed by atoms with Crippen LogP contribution >= 0.6 is 0 Å². The smallest absolute Gasteiger partial charge is 0.338 e. The average molecular weight is 409 g/mol. The number of esters is 1. The van der Waals surface area contributed by atoms with Crippen LogP contribution in [0.25, 0.3) is 0 Å². The molecule has 0 spiro atoms. The molecule has 2 bridgehead atoms. The van der Waals surface area contributed by atoms with Gasteiger partial charge in [0.1, 0.15) is 0 Å². The molecule has 1 aliphatic carbocycles. The number of carbonyl (C=O) groups is 2. The highest BCUT2D eigenvalue weighted by atomic mass is 32.2. The highest BCUT2D eigenvalue weighted by Crippen LogP contribution is 2.53. The third-order valence-corrected chi connectivity index (χ3v) is 7.62. The molecular formula is C20H28N2O5S. The Labute approximate surface area is 166 Å². The largest absolute Gasteiger partial charge is 0.449 e. The molecule has 1 aromatic rings. The SMILES string of the molecule is CC(OC(=O)c1cccc(S(=O)(=O)N2CC3(C)CC2CC(C)(C)C3)c1)C(N)=O. The zero-order chi connectivity index (χ0) is 20.9. The number of rotatable bonds is 5. The number of primary amides is 1. The van der Waals surface area contributed by atoms with Gasteiger partial charge in [-0.3, -0.25) is 4.79 Å². The molecule has 1 amide bonds. The van der Waals surface area contributed by atoms with Gasteiger partial charge in [-0.25, -0.2) is 13.2 Å². The first-order chi connectivity index (χ1) is 12.8. The van der Waals surface area contributed by atoms with E-state index in [0.717, 1.165) is 19.3 Å². The monoisotopic (exact) mass is 408 g/mol. The maximum Gasteiger partial charge on any atom is 0.338 e. The summed E-state index contributed by atoms with van der Waals surface area (Å²) in [5.74, 6) is -1.55. The van der Waals surface area contributed by atoms with Crippen LogP contribution in [0.5, 0.6) is 0 Å². The van der Waals surface area contributed by atoms with E-state index < -0.39 is 28.0 Å². The van der Waals surface area contributed by atoms with E-state index in [1.165, 1.54) is 31.2 Å². The van der Waals surface area contributed by atoms with Gasteiger partial charge in [-0.15, -0.1) is 0 Å². The highest BCUT2D eigenvalue weighted by Gasteiger charge is 2.53. The van der Waals surface area contributed by atoms with Crippen molar-refractivity contribution in [1.82, 2.24) is 4.31 Å². The molecule has 2 aliphatic rings. The van der Waals surface area contributed by atoms with Crippen molar-refractivity contribution in [3.63, 3.8) is 0 Å². The lowest BCUT2D eigenvalue weighted by atomic mass is 9.65. The first kappa shape index (κ1) is 20.8. The van der Waals surface area contributed by atoms with Crippen molar-refractivity contribution in [3.8, 4) is 0 Å². The van der Waals surface area contributed by atoms with E-state index in [9.17, 15) is 18.0 Å². The number of carbonyl (C=O) groups excluding carboxylic acids is 2. The zero-order valence-corrected chi connectivity index (χ0v) is 17.6. The first-order valence-electron chi connectivity index (χ1n) is 9.45. The van der Waals surface area contributed by atoms with Crippen LogP contribution in [0.1, 0.15) is 57.3 Å². The molecule has 1 aromatic carbocycles. The second-order valence-corrected chi connectivity index (χ2v) is 11.1. The summed E-state index contributed by atoms with van der Waals surface area (Å²) in [5.41, 5.74) is 5.24. The zero-order valence-electron chi connectivity index (χ0n) is 16.8.